The molecule has 8 nitrogen and oxygen atoms in total. The Morgan fingerprint density at radius 3 is 1.79 bits per heavy atom. The highest BCUT2D eigenvalue weighted by atomic mass is 31.1. The molecule has 0 aliphatic carbocycles. The molecular formula is C4H11NO7P2+2. The van der Waals surface area contributed by atoms with Crippen LogP contribution in [-0.4, -0.2) is 46.4 Å². The van der Waals surface area contributed by atoms with Gasteiger partial charge in [0.1, 0.15) is 0 Å². The van der Waals surface area contributed by atoms with Gasteiger partial charge >= 0.3 is 16.5 Å². The third-order valence-electron chi connectivity index (χ3n) is 1.12. The van der Waals surface area contributed by atoms with Crippen LogP contribution in [0.3, 0.4) is 0 Å². The molecule has 14 heavy (non-hydrogen) atoms. The molecule has 10 heteroatoms. The first-order valence-corrected chi connectivity index (χ1v) is 5.73. The van der Waals surface area contributed by atoms with Crippen molar-refractivity contribution < 1.29 is 33.1 Å². The van der Waals surface area contributed by atoms with Crippen LogP contribution in [0.5, 0.6) is 0 Å². The maximum Gasteiger partial charge on any atom is 0.696 e. The quantitative estimate of drug-likeness (QED) is 0.389. The summed E-state index contributed by atoms with van der Waals surface area (Å²) < 4.78 is 28.9. The molecule has 0 heterocycles. The van der Waals surface area contributed by atoms with Gasteiger partial charge in [0.15, 0.2) is 13.5 Å². The minimum absolute atomic E-state index is 0.104. The van der Waals surface area contributed by atoms with Crippen LogP contribution in [0.4, 0.5) is 0 Å². The largest absolute Gasteiger partial charge is 0.696 e. The van der Waals surface area contributed by atoms with Gasteiger partial charge in [-0.2, -0.15) is 0 Å². The Bertz CT molecular complexity index is 182. The number of rotatable bonds is 8. The van der Waals surface area contributed by atoms with Gasteiger partial charge in [0.05, 0.1) is 6.61 Å². The van der Waals surface area contributed by atoms with E-state index in [2.05, 4.69) is 9.05 Å². The molecule has 2 unspecified atom stereocenters. The van der Waals surface area contributed by atoms with Gasteiger partial charge in [-0.1, -0.05) is 0 Å². The van der Waals surface area contributed by atoms with Crippen LogP contribution in [0.15, 0.2) is 0 Å². The number of hydrogen-bond donors (Lipinski definition) is 3. The molecule has 0 spiro atoms. The van der Waals surface area contributed by atoms with Crippen molar-refractivity contribution in [3.63, 3.8) is 0 Å². The monoisotopic (exact) mass is 247 g/mol. The maximum atomic E-state index is 10.1. The van der Waals surface area contributed by atoms with E-state index >= 15 is 0 Å². The summed E-state index contributed by atoms with van der Waals surface area (Å²) in [5, 5.41) is 8.54. The van der Waals surface area contributed by atoms with Gasteiger partial charge in [-0.15, -0.1) is 18.8 Å². The van der Waals surface area contributed by atoms with E-state index in [-0.39, 0.29) is 26.6 Å². The number of aliphatic hydroxyl groups is 1. The van der Waals surface area contributed by atoms with Gasteiger partial charge < -0.3 is 5.11 Å². The predicted octanol–water partition coefficient (Wildman–Crippen LogP) is -0.472. The molecule has 0 aromatic heterocycles. The van der Waals surface area contributed by atoms with Crippen molar-refractivity contribution in [3.05, 3.63) is 0 Å². The smallest absolute Gasteiger partial charge is 0.395 e. The Labute approximate surface area is 82.0 Å². The van der Waals surface area contributed by atoms with Gasteiger partial charge in [0.25, 0.3) is 0 Å². The second kappa shape index (κ2) is 8.28. The third-order valence-corrected chi connectivity index (χ3v) is 1.79. The minimum atomic E-state index is -2.73. The van der Waals surface area contributed by atoms with Crippen LogP contribution < -0.4 is 0 Å². The Morgan fingerprint density at radius 2 is 1.50 bits per heavy atom. The number of nitrogens with zero attached hydrogens (tertiary/aromatic N) is 1. The summed E-state index contributed by atoms with van der Waals surface area (Å²) in [5.41, 5.74) is 0. The van der Waals surface area contributed by atoms with Crippen LogP contribution in [0.25, 0.3) is 0 Å². The molecular weight excluding hydrogens is 236 g/mol. The molecule has 0 radical (unpaired) electrons. The van der Waals surface area contributed by atoms with Gasteiger partial charge in [-0.3, -0.25) is 0 Å². The molecule has 0 aliphatic rings. The van der Waals surface area contributed by atoms with Crippen LogP contribution >= 0.6 is 16.5 Å². The SMILES string of the molecule is O=[P+](O)OCN(CCO)CO[P+](=O)O. The normalized spacial score (nSPS) is 13.1. The molecule has 2 atom stereocenters. The predicted molar refractivity (Wildman–Crippen MR) is 45.3 cm³/mol. The lowest BCUT2D eigenvalue weighted by Crippen LogP contribution is -2.30. The summed E-state index contributed by atoms with van der Waals surface area (Å²) in [5.74, 6) is 0. The molecule has 0 aliphatic heterocycles. The van der Waals surface area contributed by atoms with Crippen molar-refractivity contribution in [2.45, 2.75) is 0 Å². The fourth-order valence-electron chi connectivity index (χ4n) is 0.570. The van der Waals surface area contributed by atoms with E-state index in [1.807, 2.05) is 0 Å². The molecule has 82 valence electrons. The first-order chi connectivity index (χ1) is 6.56. The Hall–Kier alpha value is -0.0400. The van der Waals surface area contributed by atoms with E-state index in [9.17, 15) is 9.13 Å². The summed E-state index contributed by atoms with van der Waals surface area (Å²) >= 11 is 0. The standard InChI is InChI=1S/C4H9NO7P2/c6-2-1-5(3-11-13(7)8)4-12-14(9)10/h6H,1-4H2/p+2. The first-order valence-electron chi connectivity index (χ1n) is 3.47. The van der Waals surface area contributed by atoms with Crippen LogP contribution in [0.2, 0.25) is 0 Å². The zero-order valence-electron chi connectivity index (χ0n) is 7.14. The zero-order valence-corrected chi connectivity index (χ0v) is 8.93. The van der Waals surface area contributed by atoms with Crippen LogP contribution in [0.1, 0.15) is 0 Å². The molecule has 0 saturated heterocycles. The Kier molecular flexibility index (Phi) is 8.26. The summed E-state index contributed by atoms with van der Waals surface area (Å²) in [7, 11) is -5.47. The van der Waals surface area contributed by atoms with Crippen LogP contribution in [-0.2, 0) is 18.2 Å². The van der Waals surface area contributed by atoms with Crippen molar-refractivity contribution in [1.29, 1.82) is 0 Å². The molecule has 0 saturated carbocycles. The average molecular weight is 247 g/mol. The van der Waals surface area contributed by atoms with E-state index in [0.29, 0.717) is 0 Å². The summed E-state index contributed by atoms with van der Waals surface area (Å²) in [6, 6.07) is 0. The third kappa shape index (κ3) is 8.55. The Balaban J connectivity index is 3.76. The highest BCUT2D eigenvalue weighted by molar-refractivity contribution is 7.32. The van der Waals surface area contributed by atoms with Gasteiger partial charge in [0, 0.05) is 15.7 Å². The maximum absolute atomic E-state index is 10.1. The molecule has 0 rings (SSSR count). The highest BCUT2D eigenvalue weighted by Crippen LogP contribution is 2.17. The number of aliphatic hydroxyl groups excluding tert-OH is 1. The van der Waals surface area contributed by atoms with Crippen molar-refractivity contribution in [2.24, 2.45) is 0 Å². The van der Waals surface area contributed by atoms with E-state index < -0.39 is 16.5 Å². The fraction of sp³-hybridized carbons (Fsp3) is 1.00. The van der Waals surface area contributed by atoms with Gasteiger partial charge in [0.2, 0.25) is 0 Å². The molecule has 0 fully saturated rings. The summed E-state index contributed by atoms with van der Waals surface area (Å²) in [6.45, 7) is -0.658. The second-order valence-electron chi connectivity index (χ2n) is 2.11. The van der Waals surface area contributed by atoms with Crippen molar-refractivity contribution >= 4 is 16.5 Å². The molecule has 0 aromatic carbocycles. The first kappa shape index (κ1) is 14.0. The molecule has 3 N–H and O–H groups in total. The molecule has 0 aromatic rings. The summed E-state index contributed by atoms with van der Waals surface area (Å²) in [4.78, 5) is 17.8. The van der Waals surface area contributed by atoms with Crippen LogP contribution in [0, 0.1) is 0 Å². The topological polar surface area (TPSA) is 117 Å². The van der Waals surface area contributed by atoms with Crippen molar-refractivity contribution in [1.82, 2.24) is 4.90 Å². The average Bonchev–Trinajstić information content (AvgIpc) is 2.09. The van der Waals surface area contributed by atoms with E-state index in [1.165, 1.54) is 4.90 Å². The van der Waals surface area contributed by atoms with Crippen molar-refractivity contribution in [3.8, 4) is 0 Å². The number of hydrogen-bond acceptors (Lipinski definition) is 6. The van der Waals surface area contributed by atoms with E-state index in [4.69, 9.17) is 14.9 Å². The van der Waals surface area contributed by atoms with E-state index in [0.717, 1.165) is 0 Å². The lowest BCUT2D eigenvalue weighted by atomic mass is 10.6. The molecule has 0 amide bonds. The highest BCUT2D eigenvalue weighted by Gasteiger charge is 2.20. The fourth-order valence-corrected chi connectivity index (χ4v) is 1.09. The lowest BCUT2D eigenvalue weighted by molar-refractivity contribution is 0.0378. The van der Waals surface area contributed by atoms with Gasteiger partial charge in [-0.25, -0.2) is 4.90 Å². The second-order valence-corrected chi connectivity index (χ2v) is 3.58. The zero-order chi connectivity index (χ0) is 11.0. The molecule has 0 bridgehead atoms. The summed E-state index contributed by atoms with van der Waals surface area (Å²) in [6.07, 6.45) is 0. The minimum Gasteiger partial charge on any atom is -0.395 e. The Morgan fingerprint density at radius 1 is 1.07 bits per heavy atom. The van der Waals surface area contributed by atoms with Gasteiger partial charge in [-0.05, 0) is 0 Å². The lowest BCUT2D eigenvalue weighted by Gasteiger charge is -2.12. The van der Waals surface area contributed by atoms with E-state index in [1.54, 1.807) is 0 Å². The van der Waals surface area contributed by atoms with Crippen molar-refractivity contribution in [2.75, 3.05) is 26.6 Å².